The Labute approximate surface area is 117 Å². The number of rotatable bonds is 9. The number of nitrogens with zero attached hydrogens (tertiary/aromatic N) is 1. The van der Waals surface area contributed by atoms with Crippen LogP contribution in [0.5, 0.6) is 5.75 Å². The van der Waals surface area contributed by atoms with Gasteiger partial charge in [-0.3, -0.25) is 10.1 Å². The fraction of sp³-hybridized carbons (Fsp3) is 0.538. The molecule has 1 aromatic carbocycles. The molecule has 106 valence electrons. The van der Waals surface area contributed by atoms with Crippen LogP contribution in [0.3, 0.4) is 0 Å². The van der Waals surface area contributed by atoms with E-state index < -0.39 is 0 Å². The van der Waals surface area contributed by atoms with Crippen LogP contribution in [0.15, 0.2) is 18.2 Å². The van der Waals surface area contributed by atoms with Crippen LogP contribution in [0.4, 0.5) is 5.69 Å². The van der Waals surface area contributed by atoms with Gasteiger partial charge in [-0.05, 0) is 25.3 Å². The molecule has 0 aliphatic carbocycles. The van der Waals surface area contributed by atoms with E-state index in [2.05, 4.69) is 12.2 Å². The van der Waals surface area contributed by atoms with Gasteiger partial charge in [0, 0.05) is 30.0 Å². The molecule has 0 aliphatic heterocycles. The molecule has 0 amide bonds. The van der Waals surface area contributed by atoms with Gasteiger partial charge in [-0.2, -0.15) is 11.8 Å². The maximum Gasteiger partial charge on any atom is 0.270 e. The molecule has 0 bridgehead atoms. The van der Waals surface area contributed by atoms with E-state index in [0.717, 1.165) is 30.0 Å². The monoisotopic (exact) mass is 284 g/mol. The summed E-state index contributed by atoms with van der Waals surface area (Å²) in [5, 5.41) is 14.0. The zero-order valence-corrected chi connectivity index (χ0v) is 12.2. The molecule has 1 N–H and O–H groups in total. The Morgan fingerprint density at radius 2 is 2.26 bits per heavy atom. The lowest BCUT2D eigenvalue weighted by Crippen LogP contribution is -2.15. The van der Waals surface area contributed by atoms with E-state index in [1.165, 1.54) is 6.07 Å². The Bertz CT molecular complexity index is 413. The Balaban J connectivity index is 2.78. The summed E-state index contributed by atoms with van der Waals surface area (Å²) >= 11 is 1.71. The van der Waals surface area contributed by atoms with Crippen LogP contribution in [0.25, 0.3) is 0 Å². The minimum atomic E-state index is -0.380. The first-order chi connectivity index (χ1) is 9.19. The second kappa shape index (κ2) is 8.77. The maximum absolute atomic E-state index is 10.8. The second-order valence-electron chi connectivity index (χ2n) is 4.07. The first kappa shape index (κ1) is 15.8. The van der Waals surface area contributed by atoms with Crippen molar-refractivity contribution in [3.05, 3.63) is 33.9 Å². The molecule has 1 aromatic rings. The minimum Gasteiger partial charge on any atom is -0.492 e. The van der Waals surface area contributed by atoms with Gasteiger partial charge in [0.15, 0.2) is 0 Å². The van der Waals surface area contributed by atoms with Crippen LogP contribution in [0, 0.1) is 10.1 Å². The molecule has 6 heteroatoms. The fourth-order valence-corrected chi connectivity index (χ4v) is 1.84. The standard InChI is InChI=1S/C13H20N2O3S/c1-3-6-14-10-11-9-12(15(16)17)4-5-13(11)18-7-8-19-2/h4-5,9,14H,3,6-8,10H2,1-2H3. The van der Waals surface area contributed by atoms with Crippen LogP contribution in [0.1, 0.15) is 18.9 Å². The van der Waals surface area contributed by atoms with Crippen molar-refractivity contribution in [3.63, 3.8) is 0 Å². The average Bonchev–Trinajstić information content (AvgIpc) is 2.40. The number of non-ortho nitro benzene ring substituents is 1. The Hall–Kier alpha value is -1.27. The van der Waals surface area contributed by atoms with Gasteiger partial charge < -0.3 is 10.1 Å². The van der Waals surface area contributed by atoms with E-state index in [1.54, 1.807) is 23.9 Å². The van der Waals surface area contributed by atoms with Crippen molar-refractivity contribution in [1.29, 1.82) is 0 Å². The highest BCUT2D eigenvalue weighted by molar-refractivity contribution is 7.98. The molecule has 0 saturated carbocycles. The quantitative estimate of drug-likeness (QED) is 0.429. The third kappa shape index (κ3) is 5.48. The Morgan fingerprint density at radius 1 is 1.47 bits per heavy atom. The Morgan fingerprint density at radius 3 is 2.89 bits per heavy atom. The van der Waals surface area contributed by atoms with E-state index in [4.69, 9.17) is 4.74 Å². The lowest BCUT2D eigenvalue weighted by Gasteiger charge is -2.11. The molecule has 0 aliphatic rings. The van der Waals surface area contributed by atoms with Crippen molar-refractivity contribution in [2.24, 2.45) is 0 Å². The van der Waals surface area contributed by atoms with Crippen LogP contribution in [-0.4, -0.2) is 30.1 Å². The summed E-state index contributed by atoms with van der Waals surface area (Å²) in [4.78, 5) is 10.4. The zero-order chi connectivity index (χ0) is 14.1. The van der Waals surface area contributed by atoms with Crippen molar-refractivity contribution in [1.82, 2.24) is 5.32 Å². The topological polar surface area (TPSA) is 64.4 Å². The van der Waals surface area contributed by atoms with Gasteiger partial charge in [0.1, 0.15) is 5.75 Å². The van der Waals surface area contributed by atoms with Crippen molar-refractivity contribution >= 4 is 17.4 Å². The number of hydrogen-bond donors (Lipinski definition) is 1. The van der Waals surface area contributed by atoms with Crippen LogP contribution < -0.4 is 10.1 Å². The number of ether oxygens (including phenoxy) is 1. The minimum absolute atomic E-state index is 0.102. The second-order valence-corrected chi connectivity index (χ2v) is 5.05. The predicted molar refractivity (Wildman–Crippen MR) is 79.0 cm³/mol. The van der Waals surface area contributed by atoms with E-state index in [9.17, 15) is 10.1 Å². The molecule has 0 saturated heterocycles. The van der Waals surface area contributed by atoms with Crippen molar-refractivity contribution < 1.29 is 9.66 Å². The molecule has 1 rings (SSSR count). The summed E-state index contributed by atoms with van der Waals surface area (Å²) in [6, 6.07) is 4.75. The van der Waals surface area contributed by atoms with Crippen LogP contribution >= 0.6 is 11.8 Å². The van der Waals surface area contributed by atoms with E-state index in [1.807, 2.05) is 6.26 Å². The highest BCUT2D eigenvalue weighted by atomic mass is 32.2. The molecule has 0 radical (unpaired) electrons. The normalized spacial score (nSPS) is 10.4. The number of nitro groups is 1. The van der Waals surface area contributed by atoms with Crippen LogP contribution in [0.2, 0.25) is 0 Å². The van der Waals surface area contributed by atoms with E-state index in [-0.39, 0.29) is 10.6 Å². The van der Waals surface area contributed by atoms with E-state index >= 15 is 0 Å². The first-order valence-electron chi connectivity index (χ1n) is 6.28. The zero-order valence-electron chi connectivity index (χ0n) is 11.3. The SMILES string of the molecule is CCCNCc1cc([N+](=O)[O-])ccc1OCCSC. The van der Waals surface area contributed by atoms with Crippen molar-refractivity contribution in [3.8, 4) is 5.75 Å². The van der Waals surface area contributed by atoms with Crippen molar-refractivity contribution in [2.75, 3.05) is 25.2 Å². The highest BCUT2D eigenvalue weighted by Crippen LogP contribution is 2.24. The molecule has 0 aromatic heterocycles. The van der Waals surface area contributed by atoms with Gasteiger partial charge in [0.25, 0.3) is 5.69 Å². The van der Waals surface area contributed by atoms with Gasteiger partial charge in [0.05, 0.1) is 11.5 Å². The molecule has 0 atom stereocenters. The van der Waals surface area contributed by atoms with Gasteiger partial charge >= 0.3 is 0 Å². The summed E-state index contributed by atoms with van der Waals surface area (Å²) in [5.74, 6) is 1.63. The molecule has 0 fully saturated rings. The molecule has 19 heavy (non-hydrogen) atoms. The van der Waals surface area contributed by atoms with Gasteiger partial charge in [-0.1, -0.05) is 6.92 Å². The lowest BCUT2D eigenvalue weighted by atomic mass is 10.1. The highest BCUT2D eigenvalue weighted by Gasteiger charge is 2.11. The number of thioether (sulfide) groups is 1. The van der Waals surface area contributed by atoms with Gasteiger partial charge in [-0.25, -0.2) is 0 Å². The number of benzene rings is 1. The smallest absolute Gasteiger partial charge is 0.270 e. The molecular formula is C13H20N2O3S. The van der Waals surface area contributed by atoms with Crippen molar-refractivity contribution in [2.45, 2.75) is 19.9 Å². The average molecular weight is 284 g/mol. The molecule has 5 nitrogen and oxygen atoms in total. The molecular weight excluding hydrogens is 264 g/mol. The number of hydrogen-bond acceptors (Lipinski definition) is 5. The number of nitro benzene ring substituents is 1. The summed E-state index contributed by atoms with van der Waals surface area (Å²) in [6.07, 6.45) is 3.04. The summed E-state index contributed by atoms with van der Waals surface area (Å²) in [7, 11) is 0. The fourth-order valence-electron chi connectivity index (χ4n) is 1.59. The summed E-state index contributed by atoms with van der Waals surface area (Å²) < 4.78 is 5.66. The summed E-state index contributed by atoms with van der Waals surface area (Å²) in [5.41, 5.74) is 0.939. The molecule has 0 unspecified atom stereocenters. The molecule has 0 heterocycles. The van der Waals surface area contributed by atoms with E-state index in [0.29, 0.717) is 13.2 Å². The summed E-state index contributed by atoms with van der Waals surface area (Å²) in [6.45, 7) is 4.16. The first-order valence-corrected chi connectivity index (χ1v) is 7.68. The Kier molecular flexibility index (Phi) is 7.28. The van der Waals surface area contributed by atoms with Gasteiger partial charge in [-0.15, -0.1) is 0 Å². The molecule has 0 spiro atoms. The van der Waals surface area contributed by atoms with Gasteiger partial charge in [0.2, 0.25) is 0 Å². The van der Waals surface area contributed by atoms with Crippen LogP contribution in [-0.2, 0) is 6.54 Å². The third-order valence-electron chi connectivity index (χ3n) is 2.54. The third-order valence-corrected chi connectivity index (χ3v) is 3.12. The largest absolute Gasteiger partial charge is 0.492 e. The number of nitrogens with one attached hydrogen (secondary N) is 1. The lowest BCUT2D eigenvalue weighted by molar-refractivity contribution is -0.384. The maximum atomic E-state index is 10.8. The predicted octanol–water partition coefficient (Wildman–Crippen LogP) is 2.84.